The highest BCUT2D eigenvalue weighted by molar-refractivity contribution is 7.80. The molecule has 0 nitrogen and oxygen atoms in total. The molecule has 0 spiro atoms. The molecule has 0 amide bonds. The van der Waals surface area contributed by atoms with Gasteiger partial charge in [0.05, 0.1) is 0 Å². The summed E-state index contributed by atoms with van der Waals surface area (Å²) in [4.78, 5) is 0. The zero-order chi connectivity index (χ0) is 26.4. The number of hydrogen-bond acceptors (Lipinski definition) is 1. The average molecular weight is 833 g/mol. The Morgan fingerprint density at radius 1 is 0.231 bits per heavy atom. The standard InChI is InChI=1S/7C3H8.2C2H6S.C2H6.23CH4/c7*1-3-2;2*1-2-3;1-2;;;;;;;;;;;;;;;;;;;;;;;/h7*3H2,1-2H3;2*3H,2H2,1H3;1-2H3;23*1H4/p+1. The van der Waals surface area contributed by atoms with Crippen LogP contribution in [0.2, 0.25) is 0 Å². The van der Waals surface area contributed by atoms with E-state index in [9.17, 15) is 0 Å². The summed E-state index contributed by atoms with van der Waals surface area (Å²) in [5.41, 5.74) is 0. The SMILES string of the molecule is C.C.C.C.C.C.C.C.C.C.C.C.C.C.C.C.C.C.C.C.C.C.C.CC.CCC.CCC.CCC.CCC.CCC.CCC.CCC.CCS.CC[SH2+]. The van der Waals surface area contributed by atoms with Crippen LogP contribution in [-0.2, 0) is 12.6 Å². The Kier molecular flexibility index (Phi) is 9860. The Balaban J connectivity index is -0.00000000237. The summed E-state index contributed by atoms with van der Waals surface area (Å²) in [5, 5.41) is 0. The van der Waals surface area contributed by atoms with Gasteiger partial charge < -0.3 is 0 Å². The predicted octanol–water partition coefficient (Wildman–Crippen LogP) is 26.5. The van der Waals surface area contributed by atoms with Crippen LogP contribution in [0.1, 0.15) is 340 Å². The summed E-state index contributed by atoms with van der Waals surface area (Å²) >= 11 is 6.97. The van der Waals surface area contributed by atoms with Crippen LogP contribution in [0.25, 0.3) is 0 Å². The van der Waals surface area contributed by atoms with E-state index in [1.165, 1.54) is 44.9 Å². The molecule has 0 aromatic carbocycles. The minimum absolute atomic E-state index is 0. The van der Waals surface area contributed by atoms with E-state index in [0.29, 0.717) is 0 Å². The normalized spacial score (nSPS) is 3.23. The monoisotopic (exact) mass is 832 g/mol. The van der Waals surface area contributed by atoms with E-state index < -0.39 is 0 Å². The Morgan fingerprint density at radius 2 is 0.231 bits per heavy atom. The van der Waals surface area contributed by atoms with E-state index in [1.807, 2.05) is 27.7 Å². The van der Waals surface area contributed by atoms with Crippen molar-refractivity contribution in [3.05, 3.63) is 0 Å². The Hall–Kier alpha value is 0.700. The summed E-state index contributed by atoms with van der Waals surface area (Å²) in [6.45, 7) is 37.8. The number of rotatable bonds is 0. The van der Waals surface area contributed by atoms with Gasteiger partial charge in [-0.25, -0.2) is 0 Å². The summed E-state index contributed by atoms with van der Waals surface area (Å²) in [6, 6.07) is 0. The predicted molar refractivity (Wildman–Crippen MR) is 318 cm³/mol. The summed E-state index contributed by atoms with van der Waals surface area (Å²) in [6.07, 6.45) is 8.75. The first-order chi connectivity index (χ1) is 13.7. The molecule has 0 unspecified atom stereocenters. The lowest BCUT2D eigenvalue weighted by atomic mass is 10.6. The van der Waals surface area contributed by atoms with Crippen molar-refractivity contribution in [2.45, 2.75) is 340 Å². The lowest BCUT2D eigenvalue weighted by Crippen LogP contribution is -1.49. The lowest BCUT2D eigenvalue weighted by molar-refractivity contribution is 1.09. The topological polar surface area (TPSA) is 0 Å². The average Bonchev–Trinajstić information content (AvgIpc) is 2.62. The van der Waals surface area contributed by atoms with Crippen LogP contribution >= 0.6 is 12.6 Å². The van der Waals surface area contributed by atoms with Gasteiger partial charge in [0.1, 0.15) is 5.75 Å². The molecule has 0 aliphatic carbocycles. The molecular formula is C50H167S2+. The van der Waals surface area contributed by atoms with Crippen LogP contribution < -0.4 is 0 Å². The molecule has 0 radical (unpaired) electrons. The Labute approximate surface area is 375 Å². The second-order valence-corrected chi connectivity index (χ2v) is 6.96. The maximum absolute atomic E-state index is 3.79. The molecule has 378 valence electrons. The van der Waals surface area contributed by atoms with Crippen LogP contribution in [0.5, 0.6) is 0 Å². The van der Waals surface area contributed by atoms with E-state index in [4.69, 9.17) is 0 Å². The molecule has 0 atom stereocenters. The smallest absolute Gasteiger partial charge is 0.100 e. The molecule has 0 heterocycles. The molecule has 2 heteroatoms. The zero-order valence-electron chi connectivity index (χ0n) is 25.3. The van der Waals surface area contributed by atoms with Crippen LogP contribution in [0.4, 0.5) is 0 Å². The Bertz CT molecular complexity index is 40.8. The lowest BCUT2D eigenvalue weighted by Gasteiger charge is -1.48. The zero-order valence-corrected chi connectivity index (χ0v) is 27.2. The minimum atomic E-state index is 0. The Morgan fingerprint density at radius 3 is 0.231 bits per heavy atom. The van der Waals surface area contributed by atoms with Crippen molar-refractivity contribution >= 4 is 25.3 Å². The fourth-order valence-corrected chi connectivity index (χ4v) is 0. The van der Waals surface area contributed by atoms with E-state index in [0.717, 1.165) is 11.5 Å². The molecular weight excluding hydrogens is 665 g/mol. The van der Waals surface area contributed by atoms with Crippen molar-refractivity contribution in [3.8, 4) is 0 Å². The van der Waals surface area contributed by atoms with Crippen molar-refractivity contribution < 1.29 is 0 Å². The third-order valence-electron chi connectivity index (χ3n) is 0. The molecule has 52 heavy (non-hydrogen) atoms. The highest BCUT2D eigenvalue weighted by Crippen LogP contribution is 1.58. The second kappa shape index (κ2) is 1410. The number of hydrogen-bond donors (Lipinski definition) is 1. The van der Waals surface area contributed by atoms with Crippen LogP contribution in [0.3, 0.4) is 0 Å². The molecule has 0 aliphatic rings. The highest BCUT2D eigenvalue weighted by atomic mass is 32.1. The van der Waals surface area contributed by atoms with E-state index in [1.54, 1.807) is 0 Å². The fourth-order valence-electron chi connectivity index (χ4n) is 0. The van der Waals surface area contributed by atoms with Crippen molar-refractivity contribution in [1.82, 2.24) is 0 Å². The van der Waals surface area contributed by atoms with Gasteiger partial charge in [-0.3, -0.25) is 0 Å². The van der Waals surface area contributed by atoms with Crippen molar-refractivity contribution in [3.63, 3.8) is 0 Å². The summed E-state index contributed by atoms with van der Waals surface area (Å²) in [7, 11) is 0. The first kappa shape index (κ1) is 363. The molecule has 0 saturated carbocycles. The van der Waals surface area contributed by atoms with Gasteiger partial charge >= 0.3 is 0 Å². The van der Waals surface area contributed by atoms with E-state index in [-0.39, 0.29) is 171 Å². The number of thiol groups is 1. The van der Waals surface area contributed by atoms with E-state index >= 15 is 0 Å². The second-order valence-electron chi connectivity index (χ2n) is 5.62. The van der Waals surface area contributed by atoms with Gasteiger partial charge in [-0.05, 0) is 25.3 Å². The van der Waals surface area contributed by atoms with Crippen LogP contribution in [-0.4, -0.2) is 11.5 Å². The van der Waals surface area contributed by atoms with Gasteiger partial charge in [0.25, 0.3) is 0 Å². The van der Waals surface area contributed by atoms with Gasteiger partial charge in [0.2, 0.25) is 0 Å². The molecule has 0 aromatic rings. The quantitative estimate of drug-likeness (QED) is 0.182. The van der Waals surface area contributed by atoms with Crippen LogP contribution in [0.15, 0.2) is 0 Å². The fraction of sp³-hybridized carbons (Fsp3) is 1.00. The van der Waals surface area contributed by atoms with Crippen molar-refractivity contribution in [2.24, 2.45) is 0 Å². The molecule has 0 fully saturated rings. The highest BCUT2D eigenvalue weighted by Gasteiger charge is 1.45. The van der Waals surface area contributed by atoms with Gasteiger partial charge in [-0.1, -0.05) is 333 Å². The first-order valence-electron chi connectivity index (χ1n) is 13.0. The maximum Gasteiger partial charge on any atom is 0.100 e. The molecule has 0 aliphatic heterocycles. The summed E-state index contributed by atoms with van der Waals surface area (Å²) in [5.74, 6) is 2.00. The molecule has 0 saturated heterocycles. The van der Waals surface area contributed by atoms with Crippen LogP contribution in [0, 0.1) is 0 Å². The molecule has 0 aromatic heterocycles. The third kappa shape index (κ3) is 256000. The maximum atomic E-state index is 3.79. The first-order valence-corrected chi connectivity index (χ1v) is 14.3. The van der Waals surface area contributed by atoms with Gasteiger partial charge in [0.15, 0.2) is 0 Å². The van der Waals surface area contributed by atoms with Gasteiger partial charge in [0, 0.05) is 0 Å². The van der Waals surface area contributed by atoms with Crippen molar-refractivity contribution in [2.75, 3.05) is 11.5 Å². The van der Waals surface area contributed by atoms with Gasteiger partial charge in [-0.15, -0.1) is 0 Å². The molecule has 0 bridgehead atoms. The molecule has 0 N–H and O–H groups in total. The molecule has 0 rings (SSSR count). The third-order valence-corrected chi connectivity index (χ3v) is 0. The van der Waals surface area contributed by atoms with Gasteiger partial charge in [-0.2, -0.15) is 12.6 Å². The van der Waals surface area contributed by atoms with E-state index in [2.05, 4.69) is 122 Å². The summed E-state index contributed by atoms with van der Waals surface area (Å²) < 4.78 is 0. The largest absolute Gasteiger partial charge is 0.180 e. The minimum Gasteiger partial charge on any atom is -0.180 e. The van der Waals surface area contributed by atoms with Crippen molar-refractivity contribution in [1.29, 1.82) is 0 Å².